The highest BCUT2D eigenvalue weighted by atomic mass is 28.3. The zero-order chi connectivity index (χ0) is 11.8. The minimum absolute atomic E-state index is 0.558. The minimum atomic E-state index is -0.558. The fourth-order valence-corrected chi connectivity index (χ4v) is 6.03. The SMILES string of the molecule is CCN(C)[SiH](C)CCC[SiH](C)N(C)CC. The number of nitrogens with zero attached hydrogens (tertiary/aromatic N) is 2. The smallest absolute Gasteiger partial charge is 0.108 e. The first-order valence-electron chi connectivity index (χ1n) is 6.43. The van der Waals surface area contributed by atoms with E-state index < -0.39 is 17.9 Å². The third-order valence-corrected chi connectivity index (χ3v) is 9.97. The number of hydrogen-bond acceptors (Lipinski definition) is 2. The molecule has 2 unspecified atom stereocenters. The van der Waals surface area contributed by atoms with Gasteiger partial charge in [-0.1, -0.05) is 33.4 Å². The van der Waals surface area contributed by atoms with Crippen LogP contribution >= 0.6 is 0 Å². The van der Waals surface area contributed by atoms with E-state index in [4.69, 9.17) is 0 Å². The number of rotatable bonds is 8. The van der Waals surface area contributed by atoms with Gasteiger partial charge in [0.05, 0.1) is 0 Å². The Kier molecular flexibility index (Phi) is 8.70. The molecule has 0 bridgehead atoms. The molecule has 4 heteroatoms. The van der Waals surface area contributed by atoms with Gasteiger partial charge in [0, 0.05) is 0 Å². The van der Waals surface area contributed by atoms with Crippen LogP contribution in [-0.4, -0.2) is 54.2 Å². The maximum absolute atomic E-state index is 2.58. The van der Waals surface area contributed by atoms with E-state index >= 15 is 0 Å². The summed E-state index contributed by atoms with van der Waals surface area (Å²) in [6.07, 6.45) is 1.47. The standard InChI is InChI=1S/C11H30N2Si2/c1-7-12(3)14(5)10-9-11-15(6)13(4)8-2/h14-15H,7-11H2,1-6H3. The van der Waals surface area contributed by atoms with Crippen molar-refractivity contribution in [2.24, 2.45) is 0 Å². The van der Waals surface area contributed by atoms with Gasteiger partial charge in [-0.2, -0.15) is 0 Å². The van der Waals surface area contributed by atoms with E-state index in [0.717, 1.165) is 0 Å². The van der Waals surface area contributed by atoms with Crippen molar-refractivity contribution in [1.29, 1.82) is 0 Å². The van der Waals surface area contributed by atoms with E-state index in [1.54, 1.807) is 0 Å². The molecule has 0 rings (SSSR count). The van der Waals surface area contributed by atoms with Crippen molar-refractivity contribution in [3.8, 4) is 0 Å². The van der Waals surface area contributed by atoms with E-state index in [0.29, 0.717) is 0 Å². The highest BCUT2D eigenvalue weighted by Crippen LogP contribution is 2.09. The predicted molar refractivity (Wildman–Crippen MR) is 76.9 cm³/mol. The summed E-state index contributed by atoms with van der Waals surface area (Å²) in [6.45, 7) is 12.0. The molecule has 0 aromatic carbocycles. The van der Waals surface area contributed by atoms with Crippen molar-refractivity contribution in [2.75, 3.05) is 27.2 Å². The largest absolute Gasteiger partial charge is 0.329 e. The van der Waals surface area contributed by atoms with Crippen LogP contribution < -0.4 is 0 Å². The third kappa shape index (κ3) is 6.50. The van der Waals surface area contributed by atoms with E-state index in [1.807, 2.05) is 0 Å². The monoisotopic (exact) mass is 246 g/mol. The molecule has 0 fully saturated rings. The maximum Gasteiger partial charge on any atom is 0.108 e. The average molecular weight is 247 g/mol. The van der Waals surface area contributed by atoms with Gasteiger partial charge in [-0.25, -0.2) is 0 Å². The lowest BCUT2D eigenvalue weighted by Gasteiger charge is -2.24. The molecule has 0 heterocycles. The second kappa shape index (κ2) is 8.50. The Hall–Kier alpha value is 0.354. The Morgan fingerprint density at radius 3 is 1.40 bits per heavy atom. The van der Waals surface area contributed by atoms with Crippen molar-refractivity contribution in [3.05, 3.63) is 0 Å². The molecule has 0 aliphatic rings. The third-order valence-electron chi connectivity index (χ3n) is 3.75. The first-order chi connectivity index (χ1) is 7.02. The molecule has 0 radical (unpaired) electrons. The number of hydrogen-bond donors (Lipinski definition) is 0. The van der Waals surface area contributed by atoms with Crippen molar-refractivity contribution >= 4 is 17.9 Å². The van der Waals surface area contributed by atoms with Gasteiger partial charge in [0.15, 0.2) is 0 Å². The zero-order valence-corrected chi connectivity index (χ0v) is 13.9. The molecule has 2 nitrogen and oxygen atoms in total. The summed E-state index contributed by atoms with van der Waals surface area (Å²) >= 11 is 0. The molecule has 2 atom stereocenters. The van der Waals surface area contributed by atoms with Crippen LogP contribution in [0.1, 0.15) is 20.3 Å². The molecule has 0 aliphatic heterocycles. The van der Waals surface area contributed by atoms with Gasteiger partial charge in [0.1, 0.15) is 17.9 Å². The average Bonchev–Trinajstić information content (AvgIpc) is 2.26. The molecule has 0 aromatic heterocycles. The minimum Gasteiger partial charge on any atom is -0.329 e. The summed E-state index contributed by atoms with van der Waals surface area (Å²) in [6, 6.07) is 3.00. The van der Waals surface area contributed by atoms with Gasteiger partial charge < -0.3 is 9.13 Å². The van der Waals surface area contributed by atoms with Crippen molar-refractivity contribution in [3.63, 3.8) is 0 Å². The quantitative estimate of drug-likeness (QED) is 0.605. The topological polar surface area (TPSA) is 6.48 Å². The van der Waals surface area contributed by atoms with Crippen LogP contribution in [0.5, 0.6) is 0 Å². The summed E-state index contributed by atoms with van der Waals surface area (Å²) < 4.78 is 5.16. The fourth-order valence-electron chi connectivity index (χ4n) is 1.77. The first-order valence-corrected chi connectivity index (χ1v) is 11.4. The molecule has 0 saturated heterocycles. The van der Waals surface area contributed by atoms with Gasteiger partial charge in [-0.3, -0.25) is 0 Å². The van der Waals surface area contributed by atoms with Crippen molar-refractivity contribution < 1.29 is 0 Å². The zero-order valence-electron chi connectivity index (χ0n) is 11.6. The molecule has 0 aromatic rings. The highest BCUT2D eigenvalue weighted by Gasteiger charge is 2.12. The van der Waals surface area contributed by atoms with Gasteiger partial charge in [0.25, 0.3) is 0 Å². The summed E-state index contributed by atoms with van der Waals surface area (Å²) in [5, 5.41) is 0. The molecular weight excluding hydrogens is 216 g/mol. The lowest BCUT2D eigenvalue weighted by atomic mass is 10.6. The summed E-state index contributed by atoms with van der Waals surface area (Å²) in [5.74, 6) is 0. The molecule has 0 amide bonds. The summed E-state index contributed by atoms with van der Waals surface area (Å²) in [7, 11) is 3.46. The second-order valence-electron chi connectivity index (χ2n) is 4.78. The molecular formula is C11H30N2Si2. The van der Waals surface area contributed by atoms with E-state index in [1.165, 1.54) is 31.6 Å². The summed E-state index contributed by atoms with van der Waals surface area (Å²) in [5.41, 5.74) is 0. The molecule has 0 spiro atoms. The molecule has 0 saturated carbocycles. The predicted octanol–water partition coefficient (Wildman–Crippen LogP) is 1.99. The normalized spacial score (nSPS) is 16.0. The van der Waals surface area contributed by atoms with Crippen LogP contribution in [0.2, 0.25) is 25.2 Å². The van der Waals surface area contributed by atoms with E-state index in [2.05, 4.69) is 50.2 Å². The lowest BCUT2D eigenvalue weighted by molar-refractivity contribution is 0.542. The maximum atomic E-state index is 2.58. The van der Waals surface area contributed by atoms with Crippen LogP contribution in [-0.2, 0) is 0 Å². The fraction of sp³-hybridized carbons (Fsp3) is 1.00. The highest BCUT2D eigenvalue weighted by molar-refractivity contribution is 6.55. The van der Waals surface area contributed by atoms with Gasteiger partial charge in [-0.05, 0) is 39.3 Å². The Morgan fingerprint density at radius 2 is 1.13 bits per heavy atom. The van der Waals surface area contributed by atoms with Crippen molar-refractivity contribution in [1.82, 2.24) is 9.13 Å². The van der Waals surface area contributed by atoms with Gasteiger partial charge in [0.2, 0.25) is 0 Å². The lowest BCUT2D eigenvalue weighted by Crippen LogP contribution is -2.35. The van der Waals surface area contributed by atoms with E-state index in [9.17, 15) is 0 Å². The second-order valence-corrected chi connectivity index (χ2v) is 11.1. The Balaban J connectivity index is 3.60. The van der Waals surface area contributed by atoms with Crippen LogP contribution in [0.4, 0.5) is 0 Å². The van der Waals surface area contributed by atoms with Crippen LogP contribution in [0.3, 0.4) is 0 Å². The summed E-state index contributed by atoms with van der Waals surface area (Å²) in [4.78, 5) is 0. The van der Waals surface area contributed by atoms with E-state index in [-0.39, 0.29) is 0 Å². The van der Waals surface area contributed by atoms with Gasteiger partial charge >= 0.3 is 0 Å². The molecule has 0 aliphatic carbocycles. The molecule has 0 N–H and O–H groups in total. The first kappa shape index (κ1) is 15.4. The van der Waals surface area contributed by atoms with Crippen LogP contribution in [0, 0.1) is 0 Å². The van der Waals surface area contributed by atoms with Crippen molar-refractivity contribution in [2.45, 2.75) is 45.5 Å². The Morgan fingerprint density at radius 1 is 0.800 bits per heavy atom. The Bertz CT molecular complexity index is 140. The van der Waals surface area contributed by atoms with Gasteiger partial charge in [-0.15, -0.1) is 0 Å². The van der Waals surface area contributed by atoms with Crippen LogP contribution in [0.25, 0.3) is 0 Å². The molecule has 15 heavy (non-hydrogen) atoms. The Labute approximate surface area is 100 Å². The molecule has 92 valence electrons. The van der Waals surface area contributed by atoms with Crippen LogP contribution in [0.15, 0.2) is 0 Å².